The summed E-state index contributed by atoms with van der Waals surface area (Å²) in [5.74, 6) is -0.0311. The Morgan fingerprint density at radius 1 is 1.11 bits per heavy atom. The molecule has 2 aromatic rings. The SMILES string of the molecule is CCc1nnsc1C(=O)NCCCCN1CCN(Cc2ccccc2)CC1. The summed E-state index contributed by atoms with van der Waals surface area (Å²) in [7, 11) is 0. The Hall–Kier alpha value is -1.83. The van der Waals surface area contributed by atoms with E-state index in [1.54, 1.807) is 0 Å². The lowest BCUT2D eigenvalue weighted by Gasteiger charge is -2.34. The number of carbonyl (C=O) groups is 1. The number of piperazine rings is 1. The second-order valence-electron chi connectivity index (χ2n) is 6.97. The van der Waals surface area contributed by atoms with Crippen LogP contribution in [0.2, 0.25) is 0 Å². The van der Waals surface area contributed by atoms with E-state index in [9.17, 15) is 4.79 Å². The molecule has 27 heavy (non-hydrogen) atoms. The predicted octanol–water partition coefficient (Wildman–Crippen LogP) is 2.43. The van der Waals surface area contributed by atoms with Crippen molar-refractivity contribution in [3.63, 3.8) is 0 Å². The second kappa shape index (κ2) is 10.5. The van der Waals surface area contributed by atoms with Crippen molar-refractivity contribution in [2.45, 2.75) is 32.7 Å². The number of aromatic nitrogens is 2. The number of aryl methyl sites for hydroxylation is 1. The first-order chi connectivity index (χ1) is 13.3. The third kappa shape index (κ3) is 6.09. The molecule has 1 aliphatic heterocycles. The molecule has 1 aromatic carbocycles. The van der Waals surface area contributed by atoms with Crippen LogP contribution >= 0.6 is 11.5 Å². The lowest BCUT2D eigenvalue weighted by atomic mass is 10.2. The van der Waals surface area contributed by atoms with E-state index in [4.69, 9.17) is 0 Å². The summed E-state index contributed by atoms with van der Waals surface area (Å²) in [6, 6.07) is 10.7. The molecule has 146 valence electrons. The van der Waals surface area contributed by atoms with Gasteiger partial charge in [0.1, 0.15) is 4.88 Å². The number of benzene rings is 1. The molecule has 1 N–H and O–H groups in total. The number of carbonyl (C=O) groups excluding carboxylic acids is 1. The normalized spacial score (nSPS) is 15.7. The molecule has 6 nitrogen and oxygen atoms in total. The lowest BCUT2D eigenvalue weighted by Crippen LogP contribution is -2.46. The topological polar surface area (TPSA) is 61.4 Å². The highest BCUT2D eigenvalue weighted by atomic mass is 32.1. The van der Waals surface area contributed by atoms with Gasteiger partial charge in [0.05, 0.1) is 5.69 Å². The standard InChI is InChI=1S/C20H29N5OS/c1-2-18-19(27-23-22-18)20(26)21-10-6-7-11-24-12-14-25(15-13-24)16-17-8-4-3-5-9-17/h3-5,8-9H,2,6-7,10-16H2,1H3,(H,21,26). The third-order valence-corrected chi connectivity index (χ3v) is 5.76. The quantitative estimate of drug-likeness (QED) is 0.670. The van der Waals surface area contributed by atoms with Gasteiger partial charge in [0.15, 0.2) is 0 Å². The molecular formula is C20H29N5OS. The fourth-order valence-corrected chi connectivity index (χ4v) is 4.03. The highest BCUT2D eigenvalue weighted by Crippen LogP contribution is 2.11. The molecule has 3 rings (SSSR count). The molecular weight excluding hydrogens is 358 g/mol. The van der Waals surface area contributed by atoms with Gasteiger partial charge in [-0.15, -0.1) is 5.10 Å². The van der Waals surface area contributed by atoms with Gasteiger partial charge in [0, 0.05) is 39.3 Å². The summed E-state index contributed by atoms with van der Waals surface area (Å²) in [6.45, 7) is 9.38. The van der Waals surface area contributed by atoms with Gasteiger partial charge in [-0.05, 0) is 42.9 Å². The van der Waals surface area contributed by atoms with E-state index in [2.05, 4.69) is 55.0 Å². The van der Waals surface area contributed by atoms with Gasteiger partial charge in [0.2, 0.25) is 0 Å². The molecule has 0 atom stereocenters. The van der Waals surface area contributed by atoms with Crippen molar-refractivity contribution in [1.82, 2.24) is 24.7 Å². The monoisotopic (exact) mass is 387 g/mol. The average Bonchev–Trinajstić information content (AvgIpc) is 3.19. The van der Waals surface area contributed by atoms with Crippen LogP contribution in [-0.4, -0.2) is 64.6 Å². The van der Waals surface area contributed by atoms with Crippen LogP contribution in [-0.2, 0) is 13.0 Å². The zero-order valence-corrected chi connectivity index (χ0v) is 16.9. The maximum absolute atomic E-state index is 12.1. The summed E-state index contributed by atoms with van der Waals surface area (Å²) in [5.41, 5.74) is 2.19. The number of amides is 1. The Bertz CT molecular complexity index is 697. The molecule has 1 fully saturated rings. The molecule has 0 spiro atoms. The molecule has 1 saturated heterocycles. The van der Waals surface area contributed by atoms with E-state index in [-0.39, 0.29) is 5.91 Å². The molecule has 1 aliphatic rings. The van der Waals surface area contributed by atoms with Gasteiger partial charge >= 0.3 is 0 Å². The first kappa shape index (κ1) is 19.9. The molecule has 2 heterocycles. The van der Waals surface area contributed by atoms with Gasteiger partial charge in [-0.1, -0.05) is 41.7 Å². The van der Waals surface area contributed by atoms with Crippen molar-refractivity contribution in [2.75, 3.05) is 39.3 Å². The van der Waals surface area contributed by atoms with E-state index in [1.165, 1.54) is 17.1 Å². The Labute approximate surface area is 165 Å². The number of hydrogen-bond donors (Lipinski definition) is 1. The van der Waals surface area contributed by atoms with Crippen LogP contribution in [0.1, 0.15) is 40.7 Å². The van der Waals surface area contributed by atoms with Gasteiger partial charge < -0.3 is 10.2 Å². The number of nitrogens with one attached hydrogen (secondary N) is 1. The van der Waals surface area contributed by atoms with Crippen molar-refractivity contribution >= 4 is 17.4 Å². The Morgan fingerprint density at radius 2 is 1.85 bits per heavy atom. The zero-order chi connectivity index (χ0) is 18.9. The minimum atomic E-state index is -0.0311. The fourth-order valence-electron chi connectivity index (χ4n) is 3.37. The van der Waals surface area contributed by atoms with Crippen molar-refractivity contribution in [3.8, 4) is 0 Å². The van der Waals surface area contributed by atoms with Crippen LogP contribution in [0.5, 0.6) is 0 Å². The minimum absolute atomic E-state index is 0.0311. The molecule has 0 unspecified atom stereocenters. The third-order valence-electron chi connectivity index (χ3n) is 5.00. The maximum atomic E-state index is 12.1. The summed E-state index contributed by atoms with van der Waals surface area (Å²) < 4.78 is 3.87. The second-order valence-corrected chi connectivity index (χ2v) is 7.72. The first-order valence-corrected chi connectivity index (χ1v) is 10.6. The smallest absolute Gasteiger partial charge is 0.264 e. The Balaban J connectivity index is 1.27. The Kier molecular flexibility index (Phi) is 7.74. The van der Waals surface area contributed by atoms with Gasteiger partial charge in [-0.3, -0.25) is 9.69 Å². The Morgan fingerprint density at radius 3 is 2.59 bits per heavy atom. The van der Waals surface area contributed by atoms with E-state index in [1.807, 2.05) is 6.92 Å². The number of nitrogens with zero attached hydrogens (tertiary/aromatic N) is 4. The largest absolute Gasteiger partial charge is 0.351 e. The molecule has 0 bridgehead atoms. The van der Waals surface area contributed by atoms with Crippen LogP contribution in [0.3, 0.4) is 0 Å². The van der Waals surface area contributed by atoms with Crippen LogP contribution in [0.25, 0.3) is 0 Å². The molecule has 0 aliphatic carbocycles. The van der Waals surface area contributed by atoms with Gasteiger partial charge in [-0.2, -0.15) is 0 Å². The molecule has 7 heteroatoms. The van der Waals surface area contributed by atoms with E-state index in [0.717, 1.165) is 64.2 Å². The summed E-state index contributed by atoms with van der Waals surface area (Å²) >= 11 is 1.18. The van der Waals surface area contributed by atoms with E-state index >= 15 is 0 Å². The summed E-state index contributed by atoms with van der Waals surface area (Å²) in [6.07, 6.45) is 2.86. The summed E-state index contributed by atoms with van der Waals surface area (Å²) in [4.78, 5) is 17.9. The van der Waals surface area contributed by atoms with Crippen molar-refractivity contribution in [3.05, 3.63) is 46.5 Å². The van der Waals surface area contributed by atoms with E-state index in [0.29, 0.717) is 11.4 Å². The average molecular weight is 388 g/mol. The van der Waals surface area contributed by atoms with Crippen molar-refractivity contribution in [2.24, 2.45) is 0 Å². The molecule has 1 aromatic heterocycles. The minimum Gasteiger partial charge on any atom is -0.351 e. The zero-order valence-electron chi connectivity index (χ0n) is 16.1. The number of unbranched alkanes of at least 4 members (excludes halogenated alkanes) is 1. The first-order valence-electron chi connectivity index (χ1n) is 9.84. The van der Waals surface area contributed by atoms with Gasteiger partial charge in [0.25, 0.3) is 5.91 Å². The van der Waals surface area contributed by atoms with E-state index < -0.39 is 0 Å². The maximum Gasteiger partial charge on any atom is 0.264 e. The lowest BCUT2D eigenvalue weighted by molar-refractivity contribution is 0.0954. The van der Waals surface area contributed by atoms with Gasteiger partial charge in [-0.25, -0.2) is 0 Å². The van der Waals surface area contributed by atoms with Crippen LogP contribution in [0.4, 0.5) is 0 Å². The van der Waals surface area contributed by atoms with Crippen molar-refractivity contribution < 1.29 is 4.79 Å². The highest BCUT2D eigenvalue weighted by molar-refractivity contribution is 7.08. The fraction of sp³-hybridized carbons (Fsp3) is 0.550. The van der Waals surface area contributed by atoms with Crippen LogP contribution in [0.15, 0.2) is 30.3 Å². The molecule has 0 saturated carbocycles. The summed E-state index contributed by atoms with van der Waals surface area (Å²) in [5, 5.41) is 6.99. The van der Waals surface area contributed by atoms with Crippen LogP contribution in [0, 0.1) is 0 Å². The number of hydrogen-bond acceptors (Lipinski definition) is 6. The van der Waals surface area contributed by atoms with Crippen LogP contribution < -0.4 is 5.32 Å². The highest BCUT2D eigenvalue weighted by Gasteiger charge is 2.17. The predicted molar refractivity (Wildman–Crippen MR) is 109 cm³/mol. The molecule has 0 radical (unpaired) electrons. The van der Waals surface area contributed by atoms with Crippen molar-refractivity contribution in [1.29, 1.82) is 0 Å². The molecule has 1 amide bonds. The number of rotatable bonds is 9.